The predicted molar refractivity (Wildman–Crippen MR) is 97.4 cm³/mol. The Balaban J connectivity index is 1.76. The zero-order chi connectivity index (χ0) is 22.6. The molecule has 1 unspecified atom stereocenters. The third-order valence-electron chi connectivity index (χ3n) is 4.05. The second-order valence-electron chi connectivity index (χ2n) is 6.50. The summed E-state index contributed by atoms with van der Waals surface area (Å²) in [5.74, 6) is -1.85. The highest BCUT2D eigenvalue weighted by atomic mass is 32.2. The summed E-state index contributed by atoms with van der Waals surface area (Å²) in [6.45, 7) is -1.13. The maximum Gasteiger partial charge on any atom is 0.416 e. The molecule has 0 aromatic heterocycles. The van der Waals surface area contributed by atoms with Crippen molar-refractivity contribution >= 4 is 31.7 Å². The van der Waals surface area contributed by atoms with Gasteiger partial charge in [-0.3, -0.25) is 9.59 Å². The molecule has 0 aliphatic carbocycles. The predicted octanol–water partition coefficient (Wildman–Crippen LogP) is 0.220. The first-order valence-corrected chi connectivity index (χ1v) is 11.9. The summed E-state index contributed by atoms with van der Waals surface area (Å²) in [6, 6.07) is 2.56. The molecule has 0 radical (unpaired) electrons. The molecule has 1 aromatic rings. The minimum Gasteiger partial charge on any atom is -0.456 e. The SMILES string of the molecule is O=C(COC(=O)CCNS(=O)(=O)c1cccc(C(F)(F)F)c1)NC1CCS(=O)(=O)C1. The van der Waals surface area contributed by atoms with Crippen LogP contribution in [0.1, 0.15) is 18.4 Å². The van der Waals surface area contributed by atoms with Crippen LogP contribution in [0.3, 0.4) is 0 Å². The van der Waals surface area contributed by atoms with Gasteiger partial charge in [0.05, 0.1) is 28.4 Å². The second kappa shape index (κ2) is 9.31. The number of benzene rings is 1. The van der Waals surface area contributed by atoms with Gasteiger partial charge in [-0.05, 0) is 24.6 Å². The molecular weight excluding hydrogens is 453 g/mol. The molecule has 1 aromatic carbocycles. The number of ether oxygens (including phenoxy) is 1. The highest BCUT2D eigenvalue weighted by Crippen LogP contribution is 2.30. The standard InChI is InChI=1S/C16H19F3N2O7S2/c17-16(18,19)11-2-1-3-13(8-11)30(26,27)20-6-4-15(23)28-9-14(22)21-12-5-7-29(24,25)10-12/h1-3,8,12,20H,4-7,9-10H2,(H,21,22). The number of hydrogen-bond acceptors (Lipinski definition) is 7. The summed E-state index contributed by atoms with van der Waals surface area (Å²) in [5.41, 5.74) is -1.13. The maximum atomic E-state index is 12.7. The molecule has 1 fully saturated rings. The number of carbonyl (C=O) groups is 2. The van der Waals surface area contributed by atoms with Gasteiger partial charge in [0, 0.05) is 12.6 Å². The molecular formula is C16H19F3N2O7S2. The van der Waals surface area contributed by atoms with Crippen molar-refractivity contribution in [1.82, 2.24) is 10.0 Å². The van der Waals surface area contributed by atoms with Crippen LogP contribution in [0.25, 0.3) is 0 Å². The molecule has 9 nitrogen and oxygen atoms in total. The molecule has 168 valence electrons. The van der Waals surface area contributed by atoms with Crippen LogP contribution >= 0.6 is 0 Å². The molecule has 14 heteroatoms. The summed E-state index contributed by atoms with van der Waals surface area (Å²) in [4.78, 5) is 22.7. The van der Waals surface area contributed by atoms with Gasteiger partial charge in [-0.1, -0.05) is 6.07 Å². The van der Waals surface area contributed by atoms with Gasteiger partial charge in [0.2, 0.25) is 10.0 Å². The van der Waals surface area contributed by atoms with Crippen molar-refractivity contribution in [2.45, 2.75) is 30.0 Å². The van der Waals surface area contributed by atoms with E-state index in [-0.39, 0.29) is 17.9 Å². The minimum absolute atomic E-state index is 0.0379. The van der Waals surface area contributed by atoms with E-state index < -0.39 is 74.0 Å². The molecule has 1 aliphatic heterocycles. The van der Waals surface area contributed by atoms with Crippen LogP contribution < -0.4 is 10.0 Å². The van der Waals surface area contributed by atoms with Gasteiger partial charge in [0.25, 0.3) is 5.91 Å². The number of carbonyl (C=O) groups excluding carboxylic acids is 2. The van der Waals surface area contributed by atoms with Crippen molar-refractivity contribution in [2.24, 2.45) is 0 Å². The summed E-state index contributed by atoms with van der Waals surface area (Å²) >= 11 is 0. The van der Waals surface area contributed by atoms with Crippen LogP contribution in [-0.4, -0.2) is 59.4 Å². The van der Waals surface area contributed by atoms with E-state index in [4.69, 9.17) is 0 Å². The number of hydrogen-bond donors (Lipinski definition) is 2. The smallest absolute Gasteiger partial charge is 0.416 e. The molecule has 1 aliphatic rings. The molecule has 2 rings (SSSR count). The van der Waals surface area contributed by atoms with Crippen molar-refractivity contribution < 1.29 is 44.3 Å². The lowest BCUT2D eigenvalue weighted by molar-refractivity contribution is -0.148. The molecule has 1 heterocycles. The second-order valence-corrected chi connectivity index (χ2v) is 10.5. The highest BCUT2D eigenvalue weighted by Gasteiger charge is 2.32. The molecule has 30 heavy (non-hydrogen) atoms. The molecule has 1 saturated heterocycles. The first-order chi connectivity index (χ1) is 13.8. The van der Waals surface area contributed by atoms with Gasteiger partial charge < -0.3 is 10.1 Å². The number of rotatable bonds is 8. The van der Waals surface area contributed by atoms with Crippen LogP contribution in [0.15, 0.2) is 29.2 Å². The zero-order valence-electron chi connectivity index (χ0n) is 15.4. The van der Waals surface area contributed by atoms with Crippen molar-refractivity contribution in [3.8, 4) is 0 Å². The van der Waals surface area contributed by atoms with Crippen molar-refractivity contribution in [3.63, 3.8) is 0 Å². The topological polar surface area (TPSA) is 136 Å². The Morgan fingerprint density at radius 3 is 2.53 bits per heavy atom. The number of sulfonamides is 1. The Morgan fingerprint density at radius 2 is 1.93 bits per heavy atom. The maximum absolute atomic E-state index is 12.7. The quantitative estimate of drug-likeness (QED) is 0.517. The molecule has 1 amide bonds. The lowest BCUT2D eigenvalue weighted by Crippen LogP contribution is -2.38. The molecule has 1 atom stereocenters. The Hall–Kier alpha value is -2.19. The van der Waals surface area contributed by atoms with Crippen LogP contribution in [-0.2, 0) is 40.4 Å². The van der Waals surface area contributed by atoms with Crippen LogP contribution in [0.2, 0.25) is 0 Å². The Morgan fingerprint density at radius 1 is 1.23 bits per heavy atom. The molecule has 0 spiro atoms. The van der Waals surface area contributed by atoms with E-state index in [1.807, 2.05) is 4.72 Å². The van der Waals surface area contributed by atoms with E-state index in [9.17, 15) is 39.6 Å². The normalized spacial score (nSPS) is 18.7. The van der Waals surface area contributed by atoms with Crippen molar-refractivity contribution in [2.75, 3.05) is 24.7 Å². The summed E-state index contributed by atoms with van der Waals surface area (Å²) in [6.07, 6.45) is -4.92. The van der Waals surface area contributed by atoms with Crippen LogP contribution in [0.5, 0.6) is 0 Å². The van der Waals surface area contributed by atoms with Gasteiger partial charge in [-0.2, -0.15) is 13.2 Å². The fraction of sp³-hybridized carbons (Fsp3) is 0.500. The van der Waals surface area contributed by atoms with E-state index in [2.05, 4.69) is 10.1 Å². The number of nitrogens with one attached hydrogen (secondary N) is 2. The first kappa shape index (κ1) is 24.1. The highest BCUT2D eigenvalue weighted by molar-refractivity contribution is 7.91. The number of halogens is 3. The first-order valence-electron chi connectivity index (χ1n) is 8.61. The van der Waals surface area contributed by atoms with Crippen LogP contribution in [0.4, 0.5) is 13.2 Å². The largest absolute Gasteiger partial charge is 0.456 e. The lowest BCUT2D eigenvalue weighted by atomic mass is 10.2. The van der Waals surface area contributed by atoms with Crippen molar-refractivity contribution in [3.05, 3.63) is 29.8 Å². The lowest BCUT2D eigenvalue weighted by Gasteiger charge is -2.11. The van der Waals surface area contributed by atoms with Gasteiger partial charge in [-0.25, -0.2) is 21.6 Å². The number of alkyl halides is 3. The van der Waals surface area contributed by atoms with Crippen LogP contribution in [0, 0.1) is 0 Å². The van der Waals surface area contributed by atoms with E-state index >= 15 is 0 Å². The summed E-state index contributed by atoms with van der Waals surface area (Å²) < 4.78 is 91.5. The Kier molecular flexibility index (Phi) is 7.47. The third-order valence-corrected chi connectivity index (χ3v) is 7.28. The fourth-order valence-electron chi connectivity index (χ4n) is 2.61. The fourth-order valence-corrected chi connectivity index (χ4v) is 5.36. The number of amides is 1. The van der Waals surface area contributed by atoms with E-state index in [1.165, 1.54) is 0 Å². The average Bonchev–Trinajstić information content (AvgIpc) is 2.97. The molecule has 2 N–H and O–H groups in total. The zero-order valence-corrected chi connectivity index (χ0v) is 17.1. The minimum atomic E-state index is -4.71. The molecule has 0 bridgehead atoms. The molecule has 0 saturated carbocycles. The Bertz CT molecular complexity index is 1010. The van der Waals surface area contributed by atoms with Gasteiger partial charge in [-0.15, -0.1) is 0 Å². The van der Waals surface area contributed by atoms with Gasteiger partial charge in [0.15, 0.2) is 16.4 Å². The van der Waals surface area contributed by atoms with E-state index in [0.29, 0.717) is 6.07 Å². The third kappa shape index (κ3) is 7.25. The monoisotopic (exact) mass is 472 g/mol. The van der Waals surface area contributed by atoms with Crippen molar-refractivity contribution in [1.29, 1.82) is 0 Å². The van der Waals surface area contributed by atoms with Gasteiger partial charge >= 0.3 is 12.1 Å². The average molecular weight is 472 g/mol. The number of esters is 1. The number of sulfone groups is 1. The van der Waals surface area contributed by atoms with Gasteiger partial charge in [0.1, 0.15) is 0 Å². The summed E-state index contributed by atoms with van der Waals surface area (Å²) in [7, 11) is -7.47. The summed E-state index contributed by atoms with van der Waals surface area (Å²) in [5, 5.41) is 2.41. The Labute approximate surface area is 170 Å². The van der Waals surface area contributed by atoms with E-state index in [1.54, 1.807) is 0 Å². The van der Waals surface area contributed by atoms with E-state index in [0.717, 1.165) is 18.2 Å².